The number of rotatable bonds is 4. The Balaban J connectivity index is 1.89. The Labute approximate surface area is 152 Å². The molecule has 0 saturated carbocycles. The summed E-state index contributed by atoms with van der Waals surface area (Å²) in [5.74, 6) is 6.80. The number of thioether (sulfide) groups is 1. The average Bonchev–Trinajstić information content (AvgIpc) is 2.89. The van der Waals surface area contributed by atoms with Crippen LogP contribution in [-0.4, -0.2) is 14.9 Å². The first-order valence-corrected chi connectivity index (χ1v) is 8.99. The van der Waals surface area contributed by atoms with E-state index in [-0.39, 0.29) is 5.25 Å². The third-order valence-corrected chi connectivity index (χ3v) is 5.54. The fourth-order valence-corrected chi connectivity index (χ4v) is 3.97. The van der Waals surface area contributed by atoms with Gasteiger partial charge in [-0.1, -0.05) is 69.6 Å². The monoisotopic (exact) mass is 408 g/mol. The molecule has 0 fully saturated rings. The van der Waals surface area contributed by atoms with Crippen molar-refractivity contribution in [2.75, 3.05) is 5.84 Å². The summed E-state index contributed by atoms with van der Waals surface area (Å²) < 4.78 is 2.44. The third-order valence-electron chi connectivity index (χ3n) is 3.40. The summed E-state index contributed by atoms with van der Waals surface area (Å²) in [5, 5.41) is 9.93. The normalized spacial score (nSPS) is 12.3. The maximum Gasteiger partial charge on any atom is 0.210 e. The molecule has 23 heavy (non-hydrogen) atoms. The van der Waals surface area contributed by atoms with Crippen LogP contribution in [0.4, 0.5) is 0 Å². The summed E-state index contributed by atoms with van der Waals surface area (Å²) in [4.78, 5) is 0. The molecule has 3 rings (SSSR count). The number of nitrogens with two attached hydrogens (primary N) is 1. The van der Waals surface area contributed by atoms with Gasteiger partial charge in [-0.05, 0) is 30.7 Å². The van der Waals surface area contributed by atoms with Crippen LogP contribution < -0.4 is 5.84 Å². The number of aromatic nitrogens is 3. The molecule has 118 valence electrons. The van der Waals surface area contributed by atoms with E-state index >= 15 is 0 Å². The van der Waals surface area contributed by atoms with Crippen LogP contribution in [0.1, 0.15) is 17.7 Å². The van der Waals surface area contributed by atoms with Gasteiger partial charge in [-0.2, -0.15) is 0 Å². The van der Waals surface area contributed by atoms with Gasteiger partial charge in [0, 0.05) is 20.3 Å². The molecule has 2 aromatic carbocycles. The smallest absolute Gasteiger partial charge is 0.210 e. The summed E-state index contributed by atoms with van der Waals surface area (Å²) in [5.41, 5.74) is 1.95. The quantitative estimate of drug-likeness (QED) is 0.490. The number of benzene rings is 2. The predicted octanol–water partition coefficient (Wildman–Crippen LogP) is 4.93. The Hall–Kier alpha value is -1.50. The molecule has 2 N–H and O–H groups in total. The third kappa shape index (κ3) is 3.39. The number of nitrogen functional groups attached to an aromatic ring is 1. The molecule has 0 aliphatic rings. The molecule has 0 aliphatic carbocycles. The van der Waals surface area contributed by atoms with Crippen LogP contribution in [0.2, 0.25) is 5.02 Å². The lowest BCUT2D eigenvalue weighted by Gasteiger charge is -2.12. The van der Waals surface area contributed by atoms with Crippen molar-refractivity contribution in [1.29, 1.82) is 0 Å². The van der Waals surface area contributed by atoms with E-state index < -0.39 is 0 Å². The van der Waals surface area contributed by atoms with Crippen molar-refractivity contribution >= 4 is 39.3 Å². The molecule has 0 radical (unpaired) electrons. The van der Waals surface area contributed by atoms with Gasteiger partial charge in [0.05, 0.1) is 0 Å². The van der Waals surface area contributed by atoms with E-state index in [1.54, 1.807) is 0 Å². The Kier molecular flexibility index (Phi) is 4.94. The van der Waals surface area contributed by atoms with Gasteiger partial charge in [0.1, 0.15) is 0 Å². The van der Waals surface area contributed by atoms with Gasteiger partial charge >= 0.3 is 0 Å². The molecule has 7 heteroatoms. The maximum absolute atomic E-state index is 6.25. The molecule has 0 bridgehead atoms. The molecule has 0 aliphatic heterocycles. The lowest BCUT2D eigenvalue weighted by atomic mass is 10.2. The number of halogens is 2. The van der Waals surface area contributed by atoms with E-state index in [1.807, 2.05) is 48.5 Å². The van der Waals surface area contributed by atoms with Gasteiger partial charge in [-0.25, -0.2) is 4.68 Å². The fraction of sp³-hybridized carbons (Fsp3) is 0.125. The summed E-state index contributed by atoms with van der Waals surface area (Å²) in [6.07, 6.45) is 0. The van der Waals surface area contributed by atoms with Gasteiger partial charge < -0.3 is 5.84 Å². The standard InChI is InChI=1S/C16H14BrClN4S/c1-10(11-6-3-5-9-14(11)18)23-16-21-20-15(22(16)19)12-7-2-4-8-13(12)17/h2-10H,19H2,1H3/t10-/m1/s1. The molecule has 0 saturated heterocycles. The van der Waals surface area contributed by atoms with Crippen LogP contribution in [-0.2, 0) is 0 Å². The van der Waals surface area contributed by atoms with Crippen LogP contribution in [0, 0.1) is 0 Å². The maximum atomic E-state index is 6.25. The van der Waals surface area contributed by atoms with Gasteiger partial charge in [-0.3, -0.25) is 0 Å². The van der Waals surface area contributed by atoms with Gasteiger partial charge in [0.2, 0.25) is 5.16 Å². The van der Waals surface area contributed by atoms with E-state index in [0.29, 0.717) is 11.0 Å². The molecular formula is C16H14BrClN4S. The van der Waals surface area contributed by atoms with Crippen LogP contribution in [0.3, 0.4) is 0 Å². The van der Waals surface area contributed by atoms with E-state index in [2.05, 4.69) is 33.1 Å². The number of hydrogen-bond acceptors (Lipinski definition) is 4. The second kappa shape index (κ2) is 6.95. The topological polar surface area (TPSA) is 56.7 Å². The molecule has 4 nitrogen and oxygen atoms in total. The van der Waals surface area contributed by atoms with Crippen molar-refractivity contribution in [3.63, 3.8) is 0 Å². The summed E-state index contributed by atoms with van der Waals surface area (Å²) in [6, 6.07) is 15.6. The van der Waals surface area contributed by atoms with Gasteiger partial charge in [0.15, 0.2) is 5.82 Å². The van der Waals surface area contributed by atoms with E-state index in [0.717, 1.165) is 20.6 Å². The second-order valence-electron chi connectivity index (χ2n) is 4.94. The van der Waals surface area contributed by atoms with Crippen molar-refractivity contribution < 1.29 is 0 Å². The first-order valence-electron chi connectivity index (χ1n) is 6.94. The zero-order valence-corrected chi connectivity index (χ0v) is 15.4. The Morgan fingerprint density at radius 3 is 2.57 bits per heavy atom. The van der Waals surface area contributed by atoms with Crippen molar-refractivity contribution in [2.45, 2.75) is 17.3 Å². The molecule has 1 heterocycles. The minimum atomic E-state index is 0.113. The minimum absolute atomic E-state index is 0.113. The van der Waals surface area contributed by atoms with Crippen LogP contribution in [0.15, 0.2) is 58.2 Å². The first kappa shape index (κ1) is 16.4. The highest BCUT2D eigenvalue weighted by molar-refractivity contribution is 9.10. The van der Waals surface area contributed by atoms with E-state index in [4.69, 9.17) is 17.4 Å². The molecule has 0 unspecified atom stereocenters. The highest BCUT2D eigenvalue weighted by Crippen LogP contribution is 2.37. The number of hydrogen-bond donors (Lipinski definition) is 1. The Bertz CT molecular complexity index is 836. The zero-order valence-electron chi connectivity index (χ0n) is 12.3. The first-order chi connectivity index (χ1) is 11.1. The number of nitrogens with zero attached hydrogens (tertiary/aromatic N) is 3. The molecule has 0 amide bonds. The van der Waals surface area contributed by atoms with Gasteiger partial charge in [-0.15, -0.1) is 10.2 Å². The van der Waals surface area contributed by atoms with Crippen molar-refractivity contribution in [3.8, 4) is 11.4 Å². The highest BCUT2D eigenvalue weighted by atomic mass is 79.9. The van der Waals surface area contributed by atoms with Crippen LogP contribution in [0.5, 0.6) is 0 Å². The van der Waals surface area contributed by atoms with E-state index in [9.17, 15) is 0 Å². The average molecular weight is 410 g/mol. The van der Waals surface area contributed by atoms with Crippen LogP contribution >= 0.6 is 39.3 Å². The summed E-state index contributed by atoms with van der Waals surface area (Å²) in [6.45, 7) is 2.07. The highest BCUT2D eigenvalue weighted by Gasteiger charge is 2.18. The van der Waals surface area contributed by atoms with Crippen molar-refractivity contribution in [2.24, 2.45) is 0 Å². The lowest BCUT2D eigenvalue weighted by molar-refractivity contribution is 0.843. The van der Waals surface area contributed by atoms with E-state index in [1.165, 1.54) is 16.4 Å². The lowest BCUT2D eigenvalue weighted by Crippen LogP contribution is -2.12. The van der Waals surface area contributed by atoms with Crippen molar-refractivity contribution in [3.05, 3.63) is 63.6 Å². The molecule has 0 spiro atoms. The predicted molar refractivity (Wildman–Crippen MR) is 99.0 cm³/mol. The summed E-state index contributed by atoms with van der Waals surface area (Å²) >= 11 is 11.3. The van der Waals surface area contributed by atoms with Gasteiger partial charge in [0.25, 0.3) is 0 Å². The molecule has 1 aromatic heterocycles. The van der Waals surface area contributed by atoms with Crippen LogP contribution in [0.25, 0.3) is 11.4 Å². The molecular weight excluding hydrogens is 396 g/mol. The van der Waals surface area contributed by atoms with Crippen molar-refractivity contribution in [1.82, 2.24) is 14.9 Å². The largest absolute Gasteiger partial charge is 0.335 e. The molecule has 3 aromatic rings. The second-order valence-corrected chi connectivity index (χ2v) is 7.51. The Morgan fingerprint density at radius 2 is 1.83 bits per heavy atom. The fourth-order valence-electron chi connectivity index (χ4n) is 2.21. The summed E-state index contributed by atoms with van der Waals surface area (Å²) in [7, 11) is 0. The zero-order chi connectivity index (χ0) is 16.4. The minimum Gasteiger partial charge on any atom is -0.335 e. The Morgan fingerprint density at radius 1 is 1.13 bits per heavy atom. The molecule has 1 atom stereocenters. The SMILES string of the molecule is C[C@@H](Sc1nnc(-c2ccccc2Br)n1N)c1ccccc1Cl.